The van der Waals surface area contributed by atoms with E-state index >= 15 is 0 Å². The molecule has 1 N–H and O–H groups in total. The second-order valence-corrected chi connectivity index (χ2v) is 5.26. The van der Waals surface area contributed by atoms with Gasteiger partial charge >= 0.3 is 0 Å². The lowest BCUT2D eigenvalue weighted by Gasteiger charge is -2.08. The van der Waals surface area contributed by atoms with E-state index in [0.29, 0.717) is 19.0 Å². The molecule has 102 valence electrons. The Hall–Kier alpha value is -1.75. The van der Waals surface area contributed by atoms with Gasteiger partial charge in [0.05, 0.1) is 13.1 Å². The van der Waals surface area contributed by atoms with E-state index in [1.807, 2.05) is 4.68 Å². The third kappa shape index (κ3) is 4.13. The van der Waals surface area contributed by atoms with Crippen molar-refractivity contribution in [1.29, 1.82) is 0 Å². The summed E-state index contributed by atoms with van der Waals surface area (Å²) >= 11 is 0. The smallest absolute Gasteiger partial charge is 0.165 e. The highest BCUT2D eigenvalue weighted by Gasteiger charge is 2.06. The van der Waals surface area contributed by atoms with Crippen molar-refractivity contribution in [3.8, 4) is 0 Å². The number of nitrogens with zero attached hydrogens (tertiary/aromatic N) is 4. The number of hydrogen-bond donors (Lipinski definition) is 1. The van der Waals surface area contributed by atoms with E-state index in [2.05, 4.69) is 65.9 Å². The first-order valence-corrected chi connectivity index (χ1v) is 6.66. The summed E-state index contributed by atoms with van der Waals surface area (Å²) in [6, 6.07) is 8.44. The molecule has 0 aliphatic carbocycles. The lowest BCUT2D eigenvalue weighted by Crippen LogP contribution is -2.22. The van der Waals surface area contributed by atoms with Gasteiger partial charge in [-0.05, 0) is 35.4 Å². The number of tetrazole rings is 1. The first kappa shape index (κ1) is 13.7. The van der Waals surface area contributed by atoms with Crippen molar-refractivity contribution in [2.75, 3.05) is 6.54 Å². The maximum atomic E-state index is 4.07. The summed E-state index contributed by atoms with van der Waals surface area (Å²) in [5.41, 5.74) is 2.47. The van der Waals surface area contributed by atoms with Crippen LogP contribution in [0.3, 0.4) is 0 Å². The summed E-state index contributed by atoms with van der Waals surface area (Å²) in [5.74, 6) is 1.50. The number of aromatic nitrogens is 4. The van der Waals surface area contributed by atoms with Gasteiger partial charge in [0.25, 0.3) is 0 Å². The Labute approximate surface area is 114 Å². The topological polar surface area (TPSA) is 55.6 Å². The number of rotatable bonds is 6. The summed E-state index contributed by atoms with van der Waals surface area (Å²) in [6.45, 7) is 8.84. The van der Waals surface area contributed by atoms with E-state index in [1.165, 1.54) is 11.1 Å². The molecule has 1 aromatic carbocycles. The Morgan fingerprint density at radius 2 is 1.95 bits per heavy atom. The molecule has 2 rings (SSSR count). The van der Waals surface area contributed by atoms with Crippen LogP contribution in [0.15, 0.2) is 24.3 Å². The maximum Gasteiger partial charge on any atom is 0.165 e. The Bertz CT molecular complexity index is 501. The van der Waals surface area contributed by atoms with Crippen LogP contribution in [0.2, 0.25) is 0 Å². The number of nitrogens with one attached hydrogen (secondary N) is 1. The summed E-state index contributed by atoms with van der Waals surface area (Å²) in [6.07, 6.45) is 0. The van der Waals surface area contributed by atoms with Crippen LogP contribution in [-0.2, 0) is 13.1 Å². The summed E-state index contributed by atoms with van der Waals surface area (Å²) < 4.78 is 1.85. The van der Waals surface area contributed by atoms with Crippen molar-refractivity contribution in [2.45, 2.75) is 33.9 Å². The zero-order valence-electron chi connectivity index (χ0n) is 11.8. The minimum atomic E-state index is 0.626. The minimum absolute atomic E-state index is 0.626. The Morgan fingerprint density at radius 1 is 1.21 bits per heavy atom. The molecule has 0 amide bonds. The lowest BCUT2D eigenvalue weighted by molar-refractivity contribution is 0.523. The molecule has 0 atom stereocenters. The van der Waals surface area contributed by atoms with Crippen LogP contribution in [0.4, 0.5) is 0 Å². The van der Waals surface area contributed by atoms with Gasteiger partial charge in [0.15, 0.2) is 5.82 Å². The third-order valence-corrected chi connectivity index (χ3v) is 2.89. The van der Waals surface area contributed by atoms with Gasteiger partial charge in [0.1, 0.15) is 0 Å². The Kier molecular flexibility index (Phi) is 4.63. The van der Waals surface area contributed by atoms with Crippen LogP contribution in [-0.4, -0.2) is 26.8 Å². The van der Waals surface area contributed by atoms with Gasteiger partial charge in [-0.15, -0.1) is 5.10 Å². The van der Waals surface area contributed by atoms with E-state index in [1.54, 1.807) is 0 Å². The molecule has 0 bridgehead atoms. The van der Waals surface area contributed by atoms with Crippen molar-refractivity contribution in [1.82, 2.24) is 25.5 Å². The molecule has 1 aromatic heterocycles. The van der Waals surface area contributed by atoms with Gasteiger partial charge in [0, 0.05) is 0 Å². The molecule has 1 heterocycles. The highest BCUT2D eigenvalue weighted by Crippen LogP contribution is 2.05. The Morgan fingerprint density at radius 3 is 2.63 bits per heavy atom. The predicted molar refractivity (Wildman–Crippen MR) is 74.6 cm³/mol. The molecular weight excluding hydrogens is 238 g/mol. The standard InChI is InChI=1S/C14H21N5/c1-11(2)8-15-9-14-16-17-18-19(14)10-13-6-4-12(3)5-7-13/h4-7,11,15H,8-10H2,1-3H3. The van der Waals surface area contributed by atoms with Gasteiger partial charge < -0.3 is 5.32 Å². The van der Waals surface area contributed by atoms with Crippen LogP contribution >= 0.6 is 0 Å². The van der Waals surface area contributed by atoms with Crippen molar-refractivity contribution >= 4 is 0 Å². The van der Waals surface area contributed by atoms with Crippen molar-refractivity contribution in [3.63, 3.8) is 0 Å². The molecule has 0 saturated carbocycles. The fourth-order valence-corrected chi connectivity index (χ4v) is 1.81. The number of benzene rings is 1. The largest absolute Gasteiger partial charge is 0.310 e. The van der Waals surface area contributed by atoms with E-state index in [0.717, 1.165) is 12.4 Å². The van der Waals surface area contributed by atoms with Crippen LogP contribution in [0, 0.1) is 12.8 Å². The summed E-state index contributed by atoms with van der Waals surface area (Å²) in [7, 11) is 0. The highest BCUT2D eigenvalue weighted by molar-refractivity contribution is 5.21. The fourth-order valence-electron chi connectivity index (χ4n) is 1.81. The van der Waals surface area contributed by atoms with Gasteiger partial charge in [0.2, 0.25) is 0 Å². The summed E-state index contributed by atoms with van der Waals surface area (Å²) in [5, 5.41) is 15.2. The number of hydrogen-bond acceptors (Lipinski definition) is 4. The highest BCUT2D eigenvalue weighted by atomic mass is 15.5. The van der Waals surface area contributed by atoms with Gasteiger partial charge in [-0.25, -0.2) is 4.68 Å². The van der Waals surface area contributed by atoms with Gasteiger partial charge in [-0.1, -0.05) is 43.7 Å². The monoisotopic (exact) mass is 259 g/mol. The number of aryl methyl sites for hydroxylation is 1. The lowest BCUT2D eigenvalue weighted by atomic mass is 10.1. The first-order valence-electron chi connectivity index (χ1n) is 6.66. The van der Waals surface area contributed by atoms with Crippen LogP contribution in [0.25, 0.3) is 0 Å². The molecule has 0 fully saturated rings. The van der Waals surface area contributed by atoms with Crippen molar-refractivity contribution in [2.24, 2.45) is 5.92 Å². The van der Waals surface area contributed by atoms with Gasteiger partial charge in [-0.3, -0.25) is 0 Å². The quantitative estimate of drug-likeness (QED) is 0.859. The molecule has 0 unspecified atom stereocenters. The average Bonchev–Trinajstić information content (AvgIpc) is 2.79. The summed E-state index contributed by atoms with van der Waals surface area (Å²) in [4.78, 5) is 0. The van der Waals surface area contributed by atoms with Crippen LogP contribution in [0.5, 0.6) is 0 Å². The van der Waals surface area contributed by atoms with Crippen LogP contribution in [0.1, 0.15) is 30.8 Å². The molecule has 0 saturated heterocycles. The molecule has 5 heteroatoms. The normalized spacial score (nSPS) is 11.2. The molecule has 2 aromatic rings. The zero-order chi connectivity index (χ0) is 13.7. The molecule has 0 spiro atoms. The first-order chi connectivity index (χ1) is 9.15. The van der Waals surface area contributed by atoms with Crippen LogP contribution < -0.4 is 5.32 Å². The van der Waals surface area contributed by atoms with Crippen molar-refractivity contribution < 1.29 is 0 Å². The molecule has 0 radical (unpaired) electrons. The predicted octanol–water partition coefficient (Wildman–Crippen LogP) is 1.78. The Balaban J connectivity index is 1.97. The molecule has 19 heavy (non-hydrogen) atoms. The molecule has 0 aliphatic heterocycles. The maximum absolute atomic E-state index is 4.07. The fraction of sp³-hybridized carbons (Fsp3) is 0.500. The average molecular weight is 259 g/mol. The molecular formula is C14H21N5. The van der Waals surface area contributed by atoms with E-state index in [-0.39, 0.29) is 0 Å². The van der Waals surface area contributed by atoms with Crippen molar-refractivity contribution in [3.05, 3.63) is 41.2 Å². The van der Waals surface area contributed by atoms with E-state index in [9.17, 15) is 0 Å². The second kappa shape index (κ2) is 6.43. The second-order valence-electron chi connectivity index (χ2n) is 5.26. The molecule has 5 nitrogen and oxygen atoms in total. The van der Waals surface area contributed by atoms with Gasteiger partial charge in [-0.2, -0.15) is 0 Å². The zero-order valence-corrected chi connectivity index (χ0v) is 11.8. The molecule has 0 aliphatic rings. The minimum Gasteiger partial charge on any atom is -0.310 e. The van der Waals surface area contributed by atoms with E-state index in [4.69, 9.17) is 0 Å². The third-order valence-electron chi connectivity index (χ3n) is 2.89. The van der Waals surface area contributed by atoms with E-state index < -0.39 is 0 Å². The SMILES string of the molecule is Cc1ccc(Cn2nnnc2CNCC(C)C)cc1.